The Hall–Kier alpha value is -2.74. The van der Waals surface area contributed by atoms with Gasteiger partial charge in [-0.2, -0.15) is 0 Å². The van der Waals surface area contributed by atoms with Crippen LogP contribution in [0.1, 0.15) is 0 Å². The minimum Gasteiger partial charge on any atom is -0.306 e. The van der Waals surface area contributed by atoms with Crippen molar-refractivity contribution in [3.8, 4) is 0 Å². The molecule has 2 N–H and O–H groups in total. The van der Waals surface area contributed by atoms with Gasteiger partial charge in [-0.25, -0.2) is 13.6 Å². The molecule has 0 aliphatic heterocycles. The molecule has 2 aromatic rings. The van der Waals surface area contributed by atoms with Gasteiger partial charge in [0.25, 0.3) is 5.69 Å². The molecule has 0 saturated heterocycles. The fraction of sp³-hybridized carbons (Fsp3) is 0. The molecule has 6 nitrogen and oxygen atoms in total. The molecule has 0 aliphatic carbocycles. The third-order valence-electron chi connectivity index (χ3n) is 2.59. The first-order valence-corrected chi connectivity index (χ1v) is 6.21. The van der Waals surface area contributed by atoms with Gasteiger partial charge in [-0.1, -0.05) is 11.6 Å². The van der Waals surface area contributed by atoms with E-state index in [-0.39, 0.29) is 22.1 Å². The smallest absolute Gasteiger partial charge is 0.306 e. The average molecular weight is 328 g/mol. The molecule has 2 amide bonds. The zero-order valence-corrected chi connectivity index (χ0v) is 11.5. The van der Waals surface area contributed by atoms with Crippen LogP contribution in [-0.4, -0.2) is 11.0 Å². The third-order valence-corrected chi connectivity index (χ3v) is 2.92. The summed E-state index contributed by atoms with van der Waals surface area (Å²) in [5.41, 5.74) is -0.694. The Morgan fingerprint density at radius 2 is 1.77 bits per heavy atom. The van der Waals surface area contributed by atoms with Crippen LogP contribution in [-0.2, 0) is 0 Å². The zero-order valence-electron chi connectivity index (χ0n) is 10.8. The number of hydrogen-bond donors (Lipinski definition) is 2. The lowest BCUT2D eigenvalue weighted by Crippen LogP contribution is -2.20. The van der Waals surface area contributed by atoms with Gasteiger partial charge in [0.1, 0.15) is 11.6 Å². The van der Waals surface area contributed by atoms with Crippen molar-refractivity contribution in [1.82, 2.24) is 0 Å². The molecule has 9 heteroatoms. The molecular weight excluding hydrogens is 320 g/mol. The van der Waals surface area contributed by atoms with E-state index in [0.29, 0.717) is 0 Å². The Morgan fingerprint density at radius 1 is 1.09 bits per heavy atom. The van der Waals surface area contributed by atoms with Crippen LogP contribution < -0.4 is 10.6 Å². The van der Waals surface area contributed by atoms with Gasteiger partial charge in [0.15, 0.2) is 0 Å². The molecule has 0 aliphatic rings. The van der Waals surface area contributed by atoms with Crippen LogP contribution in [0.15, 0.2) is 36.4 Å². The molecule has 0 fully saturated rings. The number of halogens is 3. The maximum absolute atomic E-state index is 13.4. The molecule has 0 bridgehead atoms. The van der Waals surface area contributed by atoms with Crippen LogP contribution in [0, 0.1) is 21.7 Å². The van der Waals surface area contributed by atoms with Gasteiger partial charge in [-0.3, -0.25) is 10.1 Å². The highest BCUT2D eigenvalue weighted by atomic mass is 35.5. The van der Waals surface area contributed by atoms with Gasteiger partial charge in [0, 0.05) is 18.2 Å². The number of nitro groups is 1. The van der Waals surface area contributed by atoms with E-state index in [1.807, 2.05) is 0 Å². The minimum absolute atomic E-state index is 0.0369. The second-order valence-electron chi connectivity index (χ2n) is 4.12. The largest absolute Gasteiger partial charge is 0.323 e. The molecule has 0 aromatic heterocycles. The van der Waals surface area contributed by atoms with E-state index in [1.165, 1.54) is 6.07 Å². The van der Waals surface area contributed by atoms with E-state index in [0.717, 1.165) is 30.3 Å². The topological polar surface area (TPSA) is 84.3 Å². The highest BCUT2D eigenvalue weighted by molar-refractivity contribution is 6.33. The number of nitrogens with one attached hydrogen (secondary N) is 2. The average Bonchev–Trinajstić information content (AvgIpc) is 2.45. The molecule has 0 spiro atoms. The van der Waals surface area contributed by atoms with Crippen LogP contribution in [0.4, 0.5) is 30.6 Å². The summed E-state index contributed by atoms with van der Waals surface area (Å²) in [6.45, 7) is 0. The van der Waals surface area contributed by atoms with Gasteiger partial charge < -0.3 is 10.6 Å². The number of anilines is 2. The van der Waals surface area contributed by atoms with Crippen molar-refractivity contribution >= 4 is 34.7 Å². The number of nitrogens with zero attached hydrogens (tertiary/aromatic N) is 1. The zero-order chi connectivity index (χ0) is 16.3. The van der Waals surface area contributed by atoms with Crippen LogP contribution in [0.5, 0.6) is 0 Å². The first kappa shape index (κ1) is 15.6. The van der Waals surface area contributed by atoms with E-state index in [9.17, 15) is 23.7 Å². The summed E-state index contributed by atoms with van der Waals surface area (Å²) >= 11 is 5.81. The van der Waals surface area contributed by atoms with E-state index in [4.69, 9.17) is 11.6 Å². The van der Waals surface area contributed by atoms with Crippen molar-refractivity contribution in [2.45, 2.75) is 0 Å². The van der Waals surface area contributed by atoms with Crippen molar-refractivity contribution in [3.05, 3.63) is 63.2 Å². The summed E-state index contributed by atoms with van der Waals surface area (Å²) in [5, 5.41) is 15.0. The number of nitro benzene ring substituents is 1. The normalized spacial score (nSPS) is 10.1. The number of carbonyl (C=O) groups is 1. The van der Waals surface area contributed by atoms with Crippen molar-refractivity contribution in [2.75, 3.05) is 10.6 Å². The van der Waals surface area contributed by atoms with Crippen LogP contribution in [0.2, 0.25) is 5.02 Å². The number of rotatable bonds is 3. The Bertz CT molecular complexity index is 755. The van der Waals surface area contributed by atoms with Gasteiger partial charge in [0.2, 0.25) is 0 Å². The number of urea groups is 1. The highest BCUT2D eigenvalue weighted by Gasteiger charge is 2.13. The molecule has 0 heterocycles. The molecule has 2 rings (SSSR count). The van der Waals surface area contributed by atoms with Crippen molar-refractivity contribution < 1.29 is 18.5 Å². The van der Waals surface area contributed by atoms with Gasteiger partial charge in [-0.15, -0.1) is 0 Å². The monoisotopic (exact) mass is 327 g/mol. The molecule has 22 heavy (non-hydrogen) atoms. The summed E-state index contributed by atoms with van der Waals surface area (Å²) < 4.78 is 26.4. The fourth-order valence-corrected chi connectivity index (χ4v) is 1.76. The summed E-state index contributed by atoms with van der Waals surface area (Å²) in [5.74, 6) is -1.56. The quantitative estimate of drug-likeness (QED) is 0.655. The van der Waals surface area contributed by atoms with Crippen LogP contribution in [0.3, 0.4) is 0 Å². The molecule has 0 unspecified atom stereocenters. The summed E-state index contributed by atoms with van der Waals surface area (Å²) in [6, 6.07) is 5.07. The Balaban J connectivity index is 2.17. The van der Waals surface area contributed by atoms with E-state index in [1.54, 1.807) is 0 Å². The fourth-order valence-electron chi connectivity index (χ4n) is 1.59. The van der Waals surface area contributed by atoms with E-state index in [2.05, 4.69) is 10.6 Å². The number of benzene rings is 2. The second-order valence-corrected chi connectivity index (χ2v) is 4.53. The molecule has 0 atom stereocenters. The van der Waals surface area contributed by atoms with E-state index >= 15 is 0 Å². The lowest BCUT2D eigenvalue weighted by molar-refractivity contribution is -0.384. The van der Waals surface area contributed by atoms with Crippen LogP contribution in [0.25, 0.3) is 0 Å². The standard InChI is InChI=1S/C13H8ClF2N3O3/c14-9-3-2-8(19(21)22)6-11(9)17-13(20)18-12-5-7(15)1-4-10(12)16/h1-6H,(H2,17,18,20). The molecule has 0 saturated carbocycles. The number of carbonyl (C=O) groups excluding carboxylic acids is 1. The lowest BCUT2D eigenvalue weighted by Gasteiger charge is -2.09. The predicted octanol–water partition coefficient (Wildman–Crippen LogP) is 4.17. The summed E-state index contributed by atoms with van der Waals surface area (Å²) in [4.78, 5) is 21.7. The number of non-ortho nitro benzene ring substituents is 1. The number of amides is 2. The Morgan fingerprint density at radius 3 is 2.45 bits per heavy atom. The van der Waals surface area contributed by atoms with Crippen LogP contribution >= 0.6 is 11.6 Å². The van der Waals surface area contributed by atoms with Crippen molar-refractivity contribution in [3.63, 3.8) is 0 Å². The molecule has 2 aromatic carbocycles. The number of hydrogen-bond acceptors (Lipinski definition) is 3. The minimum atomic E-state index is -0.924. The Labute approximate surface area is 127 Å². The maximum Gasteiger partial charge on any atom is 0.323 e. The van der Waals surface area contributed by atoms with Crippen molar-refractivity contribution in [2.24, 2.45) is 0 Å². The summed E-state index contributed by atoms with van der Waals surface area (Å²) in [6.07, 6.45) is 0. The third kappa shape index (κ3) is 3.67. The van der Waals surface area contributed by atoms with Gasteiger partial charge in [0.05, 0.1) is 21.3 Å². The SMILES string of the molecule is O=C(Nc1cc(F)ccc1F)Nc1cc([N+](=O)[O-])ccc1Cl. The molecule has 114 valence electrons. The maximum atomic E-state index is 13.4. The Kier molecular flexibility index (Phi) is 4.52. The molecular formula is C13H8ClF2N3O3. The van der Waals surface area contributed by atoms with Gasteiger partial charge in [-0.05, 0) is 18.2 Å². The molecule has 0 radical (unpaired) electrons. The second kappa shape index (κ2) is 6.35. The van der Waals surface area contributed by atoms with Gasteiger partial charge >= 0.3 is 6.03 Å². The lowest BCUT2D eigenvalue weighted by atomic mass is 10.3. The first-order valence-electron chi connectivity index (χ1n) is 5.84. The van der Waals surface area contributed by atoms with E-state index < -0.39 is 22.6 Å². The summed E-state index contributed by atoms with van der Waals surface area (Å²) in [7, 11) is 0. The van der Waals surface area contributed by atoms with Crippen molar-refractivity contribution in [1.29, 1.82) is 0 Å². The predicted molar refractivity (Wildman–Crippen MR) is 77.1 cm³/mol. The highest BCUT2D eigenvalue weighted by Crippen LogP contribution is 2.27. The first-order chi connectivity index (χ1) is 10.4.